The van der Waals surface area contributed by atoms with Gasteiger partial charge in [0.1, 0.15) is 17.2 Å². The number of halogens is 2. The van der Waals surface area contributed by atoms with E-state index in [1.54, 1.807) is 17.0 Å². The zero-order valence-electron chi connectivity index (χ0n) is 20.2. The molecule has 1 heterocycles. The fraction of sp³-hybridized carbons (Fsp3) is 0.310. The lowest BCUT2D eigenvalue weighted by Crippen LogP contribution is -2.36. The number of rotatable bonds is 10. The van der Waals surface area contributed by atoms with Crippen molar-refractivity contribution in [3.8, 4) is 5.75 Å². The van der Waals surface area contributed by atoms with E-state index in [2.05, 4.69) is 0 Å². The monoisotopic (exact) mass is 509 g/mol. The summed E-state index contributed by atoms with van der Waals surface area (Å²) in [4.78, 5) is 25.9. The van der Waals surface area contributed by atoms with Gasteiger partial charge in [0.15, 0.2) is 0 Å². The van der Waals surface area contributed by atoms with E-state index in [0.717, 1.165) is 28.0 Å². The average molecular weight is 510 g/mol. The van der Waals surface area contributed by atoms with Crippen molar-refractivity contribution in [1.29, 1.82) is 0 Å². The average Bonchev–Trinajstić information content (AvgIpc) is 3.16. The summed E-state index contributed by atoms with van der Waals surface area (Å²) in [6.45, 7) is 2.62. The van der Waals surface area contributed by atoms with E-state index >= 15 is 0 Å². The Hall–Kier alpha value is -3.38. The molecule has 1 amide bonds. The van der Waals surface area contributed by atoms with Gasteiger partial charge in [-0.3, -0.25) is 9.59 Å². The Labute approximate surface area is 215 Å². The van der Waals surface area contributed by atoms with Gasteiger partial charge in [-0.2, -0.15) is 0 Å². The molecule has 3 aromatic rings. The molecule has 7 heteroatoms. The molecule has 0 saturated carbocycles. The second-order valence-corrected chi connectivity index (χ2v) is 9.94. The van der Waals surface area contributed by atoms with Gasteiger partial charge in [0.05, 0.1) is 17.9 Å². The predicted octanol–water partition coefficient (Wildman–Crippen LogP) is 5.50. The molecule has 1 aliphatic rings. The van der Waals surface area contributed by atoms with Crippen LogP contribution in [0.5, 0.6) is 5.75 Å². The van der Waals surface area contributed by atoms with Gasteiger partial charge in [0.2, 0.25) is 5.91 Å². The lowest BCUT2D eigenvalue weighted by atomic mass is 9.91. The SMILES string of the molecule is C[C@]1(Cc2ccc(Cl)c(F)c2)Cc2cc(CC(=O)N(CCC(=O)O)CCc3ccccc3)ccc2O1. The fourth-order valence-electron chi connectivity index (χ4n) is 4.65. The van der Waals surface area contributed by atoms with Crippen LogP contribution in [0.3, 0.4) is 0 Å². The number of carboxylic acids is 1. The van der Waals surface area contributed by atoms with E-state index in [9.17, 15) is 14.0 Å². The molecular weight excluding hydrogens is 481 g/mol. The highest BCUT2D eigenvalue weighted by atomic mass is 35.5. The number of ether oxygens (including phenoxy) is 1. The maximum atomic E-state index is 13.9. The maximum Gasteiger partial charge on any atom is 0.305 e. The minimum atomic E-state index is -0.929. The molecule has 0 fully saturated rings. The van der Waals surface area contributed by atoms with Crippen LogP contribution < -0.4 is 4.74 Å². The highest BCUT2D eigenvalue weighted by Gasteiger charge is 2.35. The lowest BCUT2D eigenvalue weighted by Gasteiger charge is -2.24. The topological polar surface area (TPSA) is 66.8 Å². The first-order valence-electron chi connectivity index (χ1n) is 12.0. The van der Waals surface area contributed by atoms with Gasteiger partial charge in [0.25, 0.3) is 0 Å². The Bertz CT molecular complexity index is 1250. The third-order valence-electron chi connectivity index (χ3n) is 6.42. The molecule has 0 radical (unpaired) electrons. The summed E-state index contributed by atoms with van der Waals surface area (Å²) >= 11 is 5.81. The molecule has 1 N–H and O–H groups in total. The molecule has 3 aromatic carbocycles. The minimum absolute atomic E-state index is 0.0926. The first kappa shape index (κ1) is 25.7. The summed E-state index contributed by atoms with van der Waals surface area (Å²) in [5, 5.41) is 9.22. The Morgan fingerprint density at radius 2 is 1.78 bits per heavy atom. The van der Waals surface area contributed by atoms with Crippen LogP contribution in [0.1, 0.15) is 35.6 Å². The third kappa shape index (κ3) is 6.64. The molecule has 188 valence electrons. The number of benzene rings is 3. The summed E-state index contributed by atoms with van der Waals surface area (Å²) in [6.07, 6.45) is 1.90. The van der Waals surface area contributed by atoms with Crippen molar-refractivity contribution in [3.63, 3.8) is 0 Å². The van der Waals surface area contributed by atoms with Crippen molar-refractivity contribution in [1.82, 2.24) is 4.90 Å². The van der Waals surface area contributed by atoms with Crippen molar-refractivity contribution in [2.24, 2.45) is 0 Å². The summed E-state index contributed by atoms with van der Waals surface area (Å²) in [5.41, 5.74) is 3.21. The van der Waals surface area contributed by atoms with Crippen LogP contribution >= 0.6 is 11.6 Å². The van der Waals surface area contributed by atoms with E-state index in [1.807, 2.05) is 55.5 Å². The van der Waals surface area contributed by atoms with Crippen LogP contribution in [0.4, 0.5) is 4.39 Å². The van der Waals surface area contributed by atoms with E-state index in [4.69, 9.17) is 21.4 Å². The largest absolute Gasteiger partial charge is 0.487 e. The molecule has 0 saturated heterocycles. The van der Waals surface area contributed by atoms with Crippen molar-refractivity contribution < 1.29 is 23.8 Å². The van der Waals surface area contributed by atoms with Gasteiger partial charge >= 0.3 is 5.97 Å². The van der Waals surface area contributed by atoms with Crippen molar-refractivity contribution in [2.45, 2.75) is 44.6 Å². The molecule has 1 atom stereocenters. The van der Waals surface area contributed by atoms with Crippen LogP contribution in [0.2, 0.25) is 5.02 Å². The highest BCUT2D eigenvalue weighted by Crippen LogP contribution is 2.38. The molecule has 5 nitrogen and oxygen atoms in total. The van der Waals surface area contributed by atoms with E-state index in [1.165, 1.54) is 6.07 Å². The molecule has 36 heavy (non-hydrogen) atoms. The molecular formula is C29H29ClFNO4. The van der Waals surface area contributed by atoms with Crippen LogP contribution in [0.15, 0.2) is 66.7 Å². The minimum Gasteiger partial charge on any atom is -0.487 e. The normalized spacial score (nSPS) is 16.3. The predicted molar refractivity (Wildman–Crippen MR) is 137 cm³/mol. The number of nitrogens with zero attached hydrogens (tertiary/aromatic N) is 1. The van der Waals surface area contributed by atoms with Crippen LogP contribution in [-0.2, 0) is 35.3 Å². The Balaban J connectivity index is 1.41. The molecule has 0 aliphatic carbocycles. The third-order valence-corrected chi connectivity index (χ3v) is 6.73. The first-order valence-corrected chi connectivity index (χ1v) is 12.4. The fourth-order valence-corrected chi connectivity index (χ4v) is 4.77. The van der Waals surface area contributed by atoms with Gasteiger partial charge in [-0.05, 0) is 53.8 Å². The van der Waals surface area contributed by atoms with Gasteiger partial charge < -0.3 is 14.7 Å². The van der Waals surface area contributed by atoms with Gasteiger partial charge in [-0.1, -0.05) is 60.1 Å². The Morgan fingerprint density at radius 1 is 1.03 bits per heavy atom. The quantitative estimate of drug-likeness (QED) is 0.391. The van der Waals surface area contributed by atoms with Crippen LogP contribution in [-0.4, -0.2) is 40.6 Å². The summed E-state index contributed by atoms with van der Waals surface area (Å²) < 4.78 is 20.1. The molecule has 1 aliphatic heterocycles. The molecule has 4 rings (SSSR count). The molecule has 0 spiro atoms. The zero-order chi connectivity index (χ0) is 25.7. The number of carbonyl (C=O) groups excluding carboxylic acids is 1. The number of aliphatic carboxylic acids is 1. The Kier molecular flexibility index (Phi) is 7.94. The zero-order valence-corrected chi connectivity index (χ0v) is 20.9. The summed E-state index contributed by atoms with van der Waals surface area (Å²) in [5.74, 6) is -0.726. The van der Waals surface area contributed by atoms with E-state index < -0.39 is 17.4 Å². The second-order valence-electron chi connectivity index (χ2n) is 9.53. The van der Waals surface area contributed by atoms with Crippen LogP contribution in [0.25, 0.3) is 0 Å². The number of hydrogen-bond acceptors (Lipinski definition) is 3. The van der Waals surface area contributed by atoms with Gasteiger partial charge in [0, 0.05) is 25.9 Å². The lowest BCUT2D eigenvalue weighted by molar-refractivity contribution is -0.138. The number of hydrogen-bond donors (Lipinski definition) is 1. The first-order chi connectivity index (χ1) is 17.2. The van der Waals surface area contributed by atoms with E-state index in [-0.39, 0.29) is 30.3 Å². The van der Waals surface area contributed by atoms with Crippen molar-refractivity contribution in [2.75, 3.05) is 13.1 Å². The Morgan fingerprint density at radius 3 is 2.50 bits per heavy atom. The summed E-state index contributed by atoms with van der Waals surface area (Å²) in [6, 6.07) is 20.3. The summed E-state index contributed by atoms with van der Waals surface area (Å²) in [7, 11) is 0. The van der Waals surface area contributed by atoms with Gasteiger partial charge in [-0.25, -0.2) is 4.39 Å². The molecule has 0 unspecified atom stereocenters. The highest BCUT2D eigenvalue weighted by molar-refractivity contribution is 6.30. The molecule has 0 bridgehead atoms. The van der Waals surface area contributed by atoms with Crippen LogP contribution in [0, 0.1) is 5.82 Å². The second kappa shape index (κ2) is 11.1. The number of carbonyl (C=O) groups is 2. The maximum absolute atomic E-state index is 13.9. The van der Waals surface area contributed by atoms with Crippen molar-refractivity contribution in [3.05, 3.63) is 99.8 Å². The standard InChI is InChI=1S/C29H29ClFNO4/c1-29(18-22-7-9-24(30)25(31)16-22)19-23-15-21(8-10-26(23)36-29)17-27(33)32(14-12-28(34)35)13-11-20-5-3-2-4-6-20/h2-10,15-16H,11-14,17-19H2,1H3,(H,34,35)/t29-/m0/s1. The number of fused-ring (bicyclic) bond motifs is 1. The number of amides is 1. The van der Waals surface area contributed by atoms with Crippen molar-refractivity contribution >= 4 is 23.5 Å². The van der Waals surface area contributed by atoms with Gasteiger partial charge in [-0.15, -0.1) is 0 Å². The van der Waals surface area contributed by atoms with E-state index in [0.29, 0.717) is 25.8 Å². The number of carboxylic acid groups (broad SMARTS) is 1. The molecule has 0 aromatic heterocycles. The smallest absolute Gasteiger partial charge is 0.305 e.